The van der Waals surface area contributed by atoms with Gasteiger partial charge >= 0.3 is 10.1 Å². The molecule has 1 aliphatic carbocycles. The van der Waals surface area contributed by atoms with Crippen molar-refractivity contribution >= 4 is 87.1 Å². The Morgan fingerprint density at radius 2 is 1.57 bits per heavy atom. The third-order valence-electron chi connectivity index (χ3n) is 6.46. The fourth-order valence-electron chi connectivity index (χ4n) is 4.59. The molecule has 2 heterocycles. The average molecular weight is 701 g/mol. The van der Waals surface area contributed by atoms with E-state index in [4.69, 9.17) is 49.2 Å². The zero-order valence-corrected chi connectivity index (χ0v) is 25.2. The van der Waals surface area contributed by atoms with Crippen molar-refractivity contribution < 1.29 is 43.5 Å². The van der Waals surface area contributed by atoms with Gasteiger partial charge in [0.25, 0.3) is 10.1 Å². The fraction of sp³-hybridized carbons (Fsp3) is 0. The summed E-state index contributed by atoms with van der Waals surface area (Å²) in [4.78, 5) is 0.988. The molecule has 3 aromatic rings. The minimum absolute atomic E-state index is 0.0196. The molecule has 3 aliphatic rings. The van der Waals surface area contributed by atoms with Crippen LogP contribution in [0.15, 0.2) is 66.5 Å². The Morgan fingerprint density at radius 1 is 0.886 bits per heavy atom. The first-order chi connectivity index (χ1) is 20.4. The zero-order chi connectivity index (χ0) is 32.1. The molecular formula is C24H15Cl2N5O10S3. The molecule has 2 aliphatic heterocycles. The molecule has 0 fully saturated rings. The predicted octanol–water partition coefficient (Wildman–Crippen LogP) is 4.06. The van der Waals surface area contributed by atoms with E-state index >= 15 is 0 Å². The van der Waals surface area contributed by atoms with Crippen molar-refractivity contribution in [2.45, 2.75) is 19.6 Å². The second kappa shape index (κ2) is 9.66. The molecular weight excluding hydrogens is 685 g/mol. The summed E-state index contributed by atoms with van der Waals surface area (Å²) in [7, 11) is -14.8. The number of rotatable bonds is 4. The quantitative estimate of drug-likeness (QED) is 0.0861. The summed E-state index contributed by atoms with van der Waals surface area (Å²) in [6, 6.07) is 8.31. The number of nitrogens with two attached hydrogens (primary N) is 2. The first-order valence-corrected chi connectivity index (χ1v) is 16.8. The molecule has 0 bridgehead atoms. The van der Waals surface area contributed by atoms with E-state index in [1.165, 1.54) is 30.3 Å². The first kappa shape index (κ1) is 29.9. The molecule has 0 atom stereocenters. The Balaban J connectivity index is 1.68. The van der Waals surface area contributed by atoms with Gasteiger partial charge in [0, 0.05) is 5.69 Å². The number of anilines is 4. The van der Waals surface area contributed by atoms with Gasteiger partial charge in [-0.2, -0.15) is 16.8 Å². The molecule has 8 N–H and O–H groups in total. The summed E-state index contributed by atoms with van der Waals surface area (Å²) >= 11 is 13.2. The number of ether oxygens (including phenoxy) is 1. The van der Waals surface area contributed by atoms with Crippen molar-refractivity contribution in [1.29, 1.82) is 5.41 Å². The van der Waals surface area contributed by atoms with Crippen molar-refractivity contribution in [1.82, 2.24) is 4.98 Å². The fourth-order valence-corrected chi connectivity index (χ4v) is 8.12. The Kier molecular flexibility index (Phi) is 6.56. The smallest absolute Gasteiger partial charge is 0.300 e. The lowest BCUT2D eigenvalue weighted by Gasteiger charge is -2.26. The second-order valence-corrected chi connectivity index (χ2v) is 14.7. The first-order valence-electron chi connectivity index (χ1n) is 11.7. The van der Waals surface area contributed by atoms with Crippen LogP contribution in [-0.2, 0) is 30.1 Å². The summed E-state index contributed by atoms with van der Waals surface area (Å²) in [5, 5.41) is 9.41. The minimum Gasteiger partial charge on any atom is -0.450 e. The van der Waals surface area contributed by atoms with Gasteiger partial charge in [0.15, 0.2) is 32.6 Å². The number of benzene rings is 4. The monoisotopic (exact) mass is 699 g/mol. The normalized spacial score (nSPS) is 13.3. The van der Waals surface area contributed by atoms with Gasteiger partial charge in [0.1, 0.15) is 31.8 Å². The van der Waals surface area contributed by atoms with E-state index in [1.54, 1.807) is 0 Å². The van der Waals surface area contributed by atoms with Gasteiger partial charge in [-0.05, 0) is 36.4 Å². The molecule has 44 heavy (non-hydrogen) atoms. The van der Waals surface area contributed by atoms with Crippen LogP contribution in [0.5, 0.6) is 11.5 Å². The van der Waals surface area contributed by atoms with Crippen LogP contribution < -0.4 is 26.9 Å². The minimum atomic E-state index is -5.32. The average Bonchev–Trinajstić information content (AvgIpc) is 2.92. The molecule has 228 valence electrons. The molecule has 0 unspecified atom stereocenters. The summed E-state index contributed by atoms with van der Waals surface area (Å²) in [5.74, 6) is -1.47. The second-order valence-electron chi connectivity index (χ2n) is 9.26. The van der Waals surface area contributed by atoms with Crippen molar-refractivity contribution in [3.05, 3.63) is 57.9 Å². The number of nitrogens with zero attached hydrogens (tertiary/aromatic N) is 1. The van der Waals surface area contributed by atoms with Crippen LogP contribution in [0.25, 0.3) is 22.6 Å². The van der Waals surface area contributed by atoms with Crippen molar-refractivity contribution in [3.8, 4) is 23.0 Å². The van der Waals surface area contributed by atoms with Crippen LogP contribution in [-0.4, -0.2) is 39.3 Å². The molecule has 3 aromatic carbocycles. The molecule has 0 aromatic heterocycles. The summed E-state index contributed by atoms with van der Waals surface area (Å²) in [5.41, 5.74) is 9.86. The largest absolute Gasteiger partial charge is 0.450 e. The van der Waals surface area contributed by atoms with Crippen LogP contribution in [0.4, 0.5) is 22.7 Å². The van der Waals surface area contributed by atoms with Gasteiger partial charge in [-0.25, -0.2) is 13.4 Å². The predicted molar refractivity (Wildman–Crippen MR) is 157 cm³/mol. The van der Waals surface area contributed by atoms with Crippen molar-refractivity contribution in [2.75, 3.05) is 16.8 Å². The van der Waals surface area contributed by atoms with Crippen LogP contribution in [0, 0.1) is 5.41 Å². The van der Waals surface area contributed by atoms with Gasteiger partial charge in [-0.15, -0.1) is 0 Å². The maximum absolute atomic E-state index is 13.5. The Morgan fingerprint density at radius 3 is 2.20 bits per heavy atom. The van der Waals surface area contributed by atoms with Crippen LogP contribution in [0.2, 0.25) is 10.0 Å². The van der Waals surface area contributed by atoms with E-state index in [0.717, 1.165) is 12.1 Å². The van der Waals surface area contributed by atoms with E-state index in [0.29, 0.717) is 0 Å². The Labute approximate surface area is 257 Å². The van der Waals surface area contributed by atoms with Crippen molar-refractivity contribution in [3.63, 3.8) is 0 Å². The highest BCUT2D eigenvalue weighted by molar-refractivity contribution is 7.91. The lowest BCUT2D eigenvalue weighted by atomic mass is 10.1. The van der Waals surface area contributed by atoms with Gasteiger partial charge in [0.05, 0.1) is 21.6 Å². The Hall–Kier alpha value is -4.17. The van der Waals surface area contributed by atoms with Crippen LogP contribution in [0.1, 0.15) is 0 Å². The van der Waals surface area contributed by atoms with E-state index in [9.17, 15) is 34.4 Å². The van der Waals surface area contributed by atoms with Gasteiger partial charge in [-0.1, -0.05) is 29.3 Å². The molecule has 0 saturated heterocycles. The number of hydrogen-bond acceptors (Lipinski definition) is 13. The summed E-state index contributed by atoms with van der Waals surface area (Å²) in [6.45, 7) is 0. The lowest BCUT2D eigenvalue weighted by Crippen LogP contribution is -2.24. The summed E-state index contributed by atoms with van der Waals surface area (Å²) < 4.78 is 107. The zero-order valence-electron chi connectivity index (χ0n) is 21.3. The van der Waals surface area contributed by atoms with Crippen LogP contribution >= 0.6 is 23.2 Å². The molecule has 0 radical (unpaired) electrons. The van der Waals surface area contributed by atoms with Crippen LogP contribution in [0.3, 0.4) is 0 Å². The van der Waals surface area contributed by atoms with E-state index in [-0.39, 0.29) is 54.5 Å². The number of nitrogen functional groups attached to an aromatic ring is 2. The van der Waals surface area contributed by atoms with Crippen molar-refractivity contribution in [2.24, 2.45) is 0 Å². The number of fused-ring (bicyclic) bond motifs is 4. The maximum Gasteiger partial charge on any atom is 0.300 e. The topological polar surface area (TPSA) is 266 Å². The number of sulfone groups is 1. The highest BCUT2D eigenvalue weighted by Crippen LogP contribution is 2.55. The molecule has 20 heteroatoms. The number of halogens is 2. The van der Waals surface area contributed by atoms with Gasteiger partial charge < -0.3 is 25.9 Å². The van der Waals surface area contributed by atoms with E-state index < -0.39 is 67.3 Å². The standard InChI is InChI=1S/C24H15Cl2N5O10S3/c25-14-17-21(40-19-11(30-17)5-4-10(28)23(19)43(34,35)36)15(26)18-22(14)41-20-12(31-18)7-13(16(29)24(20)44(37,38)39)42(32,33)9-3-1-2-8(27)6-9/h1-7,29-30H,27-28H2,(H,34,35,36)(H,37,38,39). The van der Waals surface area contributed by atoms with Gasteiger partial charge in [-0.3, -0.25) is 14.5 Å². The third kappa shape index (κ3) is 4.50. The molecule has 0 saturated carbocycles. The SMILES string of the molecule is N=c1c(S(=O)(=O)c2cccc(N)c2)cc2nc3c(Cl)c4c(c(Cl)c3oc-2c1S(=O)(=O)O)Nc1ccc(N)c(S(=O)(=O)O)c1O4. The maximum atomic E-state index is 13.5. The Bertz CT molecular complexity index is 2490. The number of aromatic nitrogens is 1. The summed E-state index contributed by atoms with van der Waals surface area (Å²) in [6.07, 6.45) is 0. The molecule has 15 nitrogen and oxygen atoms in total. The third-order valence-corrected chi connectivity index (χ3v) is 10.8. The van der Waals surface area contributed by atoms with E-state index in [1.807, 2.05) is 0 Å². The highest BCUT2D eigenvalue weighted by atomic mass is 35.5. The highest BCUT2D eigenvalue weighted by Gasteiger charge is 2.36. The molecule has 0 spiro atoms. The lowest BCUT2D eigenvalue weighted by molar-refractivity contribution is 0.449. The number of nitrogens with one attached hydrogen (secondary N) is 2. The van der Waals surface area contributed by atoms with E-state index in [2.05, 4.69) is 10.3 Å². The van der Waals surface area contributed by atoms with Gasteiger partial charge in [0.2, 0.25) is 9.84 Å². The molecule has 0 amide bonds. The molecule has 6 rings (SSSR count). The number of hydrogen-bond donors (Lipinski definition) is 6.